The van der Waals surface area contributed by atoms with Crippen LogP contribution in [-0.4, -0.2) is 30.6 Å². The molecule has 0 N–H and O–H groups in total. The van der Waals surface area contributed by atoms with E-state index in [9.17, 15) is 4.79 Å². The van der Waals surface area contributed by atoms with Crippen molar-refractivity contribution in [2.75, 3.05) is 20.8 Å². The lowest BCUT2D eigenvalue weighted by molar-refractivity contribution is -0.152. The zero-order valence-electron chi connectivity index (χ0n) is 10.8. The fourth-order valence-corrected chi connectivity index (χ4v) is 0.751. The van der Waals surface area contributed by atoms with E-state index in [1.807, 2.05) is 0 Å². The maximum absolute atomic E-state index is 11.1. The summed E-state index contributed by atoms with van der Waals surface area (Å²) in [6.45, 7) is 4.98. The van der Waals surface area contributed by atoms with E-state index in [4.69, 9.17) is 39.5 Å². The van der Waals surface area contributed by atoms with Crippen LogP contribution in [0, 0.1) is 5.41 Å². The van der Waals surface area contributed by atoms with Gasteiger partial charge in [-0.2, -0.15) is 0 Å². The maximum atomic E-state index is 11.1. The Labute approximate surface area is 129 Å². The van der Waals surface area contributed by atoms with Gasteiger partial charge in [-0.25, -0.2) is 0 Å². The van der Waals surface area contributed by atoms with Gasteiger partial charge in [-0.05, 0) is 20.8 Å². The summed E-state index contributed by atoms with van der Waals surface area (Å²) >= 11 is 20.7. The number of esters is 1. The minimum atomic E-state index is -1.53. The van der Waals surface area contributed by atoms with Gasteiger partial charge in [-0.1, -0.05) is 34.8 Å². The summed E-state index contributed by atoms with van der Waals surface area (Å²) in [5.41, 5.74) is -0.560. The molecule has 0 aromatic rings. The van der Waals surface area contributed by atoms with Gasteiger partial charge in [0, 0.05) is 0 Å². The monoisotopic (exact) mass is 357 g/mol. The molecule has 0 heterocycles. The molecule has 0 aliphatic rings. The summed E-state index contributed by atoms with van der Waals surface area (Å²) in [5.74, 6) is -0.381. The van der Waals surface area contributed by atoms with Crippen LogP contribution >= 0.6 is 42.0 Å². The van der Waals surface area contributed by atoms with Crippen LogP contribution in [0.25, 0.3) is 0 Å². The average molecular weight is 359 g/mol. The average Bonchev–Trinajstić information content (AvgIpc) is 2.23. The Kier molecular flexibility index (Phi) is 11.3. The second-order valence-corrected chi connectivity index (χ2v) is 8.62. The molecular weight excluding hydrogens is 341 g/mol. The molecule has 0 saturated heterocycles. The first-order valence-corrected chi connectivity index (χ1v) is 8.06. The standard InChI is InChI=1S/C7H11Cl3O2.C2H6O2PS/c1-6(2,3)5(11)12-4-7(8,9)10;1-3-5(6)4-2/h4H2,1-3H3;1-2H3/q;+1. The lowest BCUT2D eigenvalue weighted by Gasteiger charge is -2.18. The van der Waals surface area contributed by atoms with E-state index >= 15 is 0 Å². The number of rotatable bonds is 3. The topological polar surface area (TPSA) is 44.8 Å². The molecule has 0 bridgehead atoms. The van der Waals surface area contributed by atoms with E-state index in [-0.39, 0.29) is 12.6 Å². The second-order valence-electron chi connectivity index (χ2n) is 4.03. The van der Waals surface area contributed by atoms with E-state index in [2.05, 4.69) is 20.9 Å². The number of carbonyl (C=O) groups is 1. The van der Waals surface area contributed by atoms with Gasteiger partial charge in [0.05, 0.1) is 19.6 Å². The molecule has 0 aromatic heterocycles. The number of ether oxygens (including phenoxy) is 1. The minimum Gasteiger partial charge on any atom is -0.461 e. The van der Waals surface area contributed by atoms with E-state index in [0.717, 1.165) is 0 Å². The van der Waals surface area contributed by atoms with Crippen LogP contribution in [-0.2, 0) is 30.4 Å². The van der Waals surface area contributed by atoms with E-state index in [0.29, 0.717) is 0 Å². The summed E-state index contributed by atoms with van der Waals surface area (Å²) in [7, 11) is 2.07. The largest absolute Gasteiger partial charge is 0.521 e. The van der Waals surface area contributed by atoms with Crippen molar-refractivity contribution in [1.82, 2.24) is 0 Å². The quantitative estimate of drug-likeness (QED) is 0.433. The first-order chi connectivity index (χ1) is 7.94. The maximum Gasteiger partial charge on any atom is 0.521 e. The van der Waals surface area contributed by atoms with Crippen LogP contribution in [0.3, 0.4) is 0 Å². The zero-order valence-corrected chi connectivity index (χ0v) is 14.8. The first kappa shape index (κ1) is 21.1. The van der Waals surface area contributed by atoms with Crippen molar-refractivity contribution in [2.24, 2.45) is 5.41 Å². The van der Waals surface area contributed by atoms with Gasteiger partial charge in [-0.3, -0.25) is 4.79 Å². The van der Waals surface area contributed by atoms with Crippen LogP contribution in [0.4, 0.5) is 0 Å². The third-order valence-electron chi connectivity index (χ3n) is 1.28. The number of carbonyl (C=O) groups excluding carboxylic acids is 1. The normalized spacial score (nSPS) is 11.3. The molecule has 0 aromatic carbocycles. The van der Waals surface area contributed by atoms with Crippen molar-refractivity contribution in [2.45, 2.75) is 24.6 Å². The predicted molar refractivity (Wildman–Crippen MR) is 79.0 cm³/mol. The first-order valence-electron chi connectivity index (χ1n) is 4.73. The SMILES string of the molecule is CC(C)(C)C(=O)OCC(Cl)(Cl)Cl.CO[P+](=S)OC. The molecule has 0 atom stereocenters. The van der Waals surface area contributed by atoms with Gasteiger partial charge in [0.15, 0.2) is 0 Å². The van der Waals surface area contributed by atoms with Crippen molar-refractivity contribution >= 4 is 59.7 Å². The molecule has 0 unspecified atom stereocenters. The minimum absolute atomic E-state index is 0.215. The highest BCUT2D eigenvalue weighted by atomic mass is 35.6. The van der Waals surface area contributed by atoms with Crippen LogP contribution in [0.2, 0.25) is 0 Å². The Hall–Kier alpha value is 0.780. The highest BCUT2D eigenvalue weighted by molar-refractivity contribution is 8.00. The Balaban J connectivity index is 0. The Bertz CT molecular complexity index is 270. The molecule has 0 fully saturated rings. The lowest BCUT2D eigenvalue weighted by atomic mass is 9.97. The van der Waals surface area contributed by atoms with Gasteiger partial charge >= 0.3 is 13.1 Å². The molecule has 0 rings (SSSR count). The summed E-state index contributed by atoms with van der Waals surface area (Å²) < 4.78 is 12.3. The smallest absolute Gasteiger partial charge is 0.461 e. The number of halogens is 3. The molecule has 0 amide bonds. The zero-order chi connectivity index (χ0) is 15.0. The Morgan fingerprint density at radius 2 is 1.56 bits per heavy atom. The van der Waals surface area contributed by atoms with Crippen molar-refractivity contribution < 1.29 is 18.6 Å². The summed E-state index contributed by atoms with van der Waals surface area (Å²) in [4.78, 5) is 11.1. The van der Waals surface area contributed by atoms with Crippen molar-refractivity contribution in [3.63, 3.8) is 0 Å². The van der Waals surface area contributed by atoms with Crippen LogP contribution in [0.15, 0.2) is 0 Å². The van der Waals surface area contributed by atoms with Gasteiger partial charge in [0.2, 0.25) is 15.6 Å². The highest BCUT2D eigenvalue weighted by Gasteiger charge is 2.27. The number of alkyl halides is 3. The fourth-order valence-electron chi connectivity index (χ4n) is 0.438. The van der Waals surface area contributed by atoms with Crippen LogP contribution in [0.5, 0.6) is 0 Å². The van der Waals surface area contributed by atoms with Crippen LogP contribution < -0.4 is 0 Å². The van der Waals surface area contributed by atoms with Crippen LogP contribution in [0.1, 0.15) is 20.8 Å². The number of hydrogen-bond donors (Lipinski definition) is 0. The molecule has 0 saturated carbocycles. The van der Waals surface area contributed by atoms with E-state index in [1.54, 1.807) is 20.8 Å². The van der Waals surface area contributed by atoms with Gasteiger partial charge in [0.1, 0.15) is 6.61 Å². The molecule has 18 heavy (non-hydrogen) atoms. The molecule has 0 radical (unpaired) electrons. The molecule has 108 valence electrons. The second kappa shape index (κ2) is 9.65. The van der Waals surface area contributed by atoms with Gasteiger partial charge < -0.3 is 4.74 Å². The lowest BCUT2D eigenvalue weighted by Crippen LogP contribution is -2.26. The molecule has 0 aliphatic heterocycles. The molecular formula is C9H17Cl3O4PS+. The number of hydrogen-bond acceptors (Lipinski definition) is 5. The fraction of sp³-hybridized carbons (Fsp3) is 0.889. The van der Waals surface area contributed by atoms with E-state index in [1.165, 1.54) is 14.2 Å². The van der Waals surface area contributed by atoms with Crippen molar-refractivity contribution in [3.05, 3.63) is 0 Å². The molecule has 9 heteroatoms. The van der Waals surface area contributed by atoms with Gasteiger partial charge in [-0.15, -0.1) is 9.05 Å². The Morgan fingerprint density at radius 1 is 1.17 bits per heavy atom. The van der Waals surface area contributed by atoms with Gasteiger partial charge in [0.25, 0.3) is 0 Å². The van der Waals surface area contributed by atoms with Crippen molar-refractivity contribution in [3.8, 4) is 0 Å². The Morgan fingerprint density at radius 3 is 1.72 bits per heavy atom. The van der Waals surface area contributed by atoms with E-state index < -0.39 is 16.4 Å². The molecule has 4 nitrogen and oxygen atoms in total. The molecule has 0 spiro atoms. The molecule has 0 aliphatic carbocycles. The summed E-state index contributed by atoms with van der Waals surface area (Å²) in [6, 6.07) is 0. The van der Waals surface area contributed by atoms with Crippen molar-refractivity contribution in [1.29, 1.82) is 0 Å². The third kappa shape index (κ3) is 14.8. The third-order valence-corrected chi connectivity index (χ3v) is 3.10. The summed E-state index contributed by atoms with van der Waals surface area (Å²) in [5, 5.41) is 0. The summed E-state index contributed by atoms with van der Waals surface area (Å²) in [6.07, 6.45) is 0. The highest BCUT2D eigenvalue weighted by Crippen LogP contribution is 2.27. The predicted octanol–water partition coefficient (Wildman–Crippen LogP) is 4.00.